The van der Waals surface area contributed by atoms with Crippen molar-refractivity contribution in [2.24, 2.45) is 0 Å². The summed E-state index contributed by atoms with van der Waals surface area (Å²) in [7, 11) is 0. The van der Waals surface area contributed by atoms with E-state index in [1.54, 1.807) is 42.5 Å². The maximum Gasteiger partial charge on any atom is 0.140 e. The average Bonchev–Trinajstić information content (AvgIpc) is 2.25. The van der Waals surface area contributed by atoms with E-state index in [1.807, 2.05) is 0 Å². The largest absolute Gasteiger partial charge is 0.456 e. The van der Waals surface area contributed by atoms with Crippen LogP contribution in [-0.2, 0) is 0 Å². The first-order chi connectivity index (χ1) is 7.65. The molecule has 4 heteroatoms. The van der Waals surface area contributed by atoms with E-state index < -0.39 is 0 Å². The second-order valence-corrected chi connectivity index (χ2v) is 4.52. The summed E-state index contributed by atoms with van der Waals surface area (Å²) >= 11 is 15.9. The van der Waals surface area contributed by atoms with Gasteiger partial charge in [0.2, 0.25) is 0 Å². The van der Waals surface area contributed by atoms with Gasteiger partial charge in [0.05, 0.1) is 0 Å². The molecule has 0 aromatic heterocycles. The summed E-state index contributed by atoms with van der Waals surface area (Å²) in [5.41, 5.74) is 0. The first-order valence-corrected chi connectivity index (χ1v) is 5.77. The monoisotopic (exact) mass is 270 g/mol. The molecule has 0 unspecified atom stereocenters. The highest BCUT2D eigenvalue weighted by Crippen LogP contribution is 2.30. The molecule has 0 aliphatic carbocycles. The highest BCUT2D eigenvalue weighted by Gasteiger charge is 2.02. The Bertz CT molecular complexity index is 497. The Morgan fingerprint density at radius 1 is 0.875 bits per heavy atom. The van der Waals surface area contributed by atoms with Crippen molar-refractivity contribution in [3.05, 3.63) is 52.5 Å². The number of hydrogen-bond acceptors (Lipinski definition) is 2. The lowest BCUT2D eigenvalue weighted by Gasteiger charge is -2.08. The predicted molar refractivity (Wildman–Crippen MR) is 70.2 cm³/mol. The third kappa shape index (κ3) is 2.85. The van der Waals surface area contributed by atoms with Crippen molar-refractivity contribution < 1.29 is 4.74 Å². The van der Waals surface area contributed by atoms with Crippen LogP contribution >= 0.6 is 35.8 Å². The minimum atomic E-state index is 0.633. The molecule has 0 aliphatic heterocycles. The Morgan fingerprint density at radius 2 is 1.50 bits per heavy atom. The van der Waals surface area contributed by atoms with E-state index in [-0.39, 0.29) is 0 Å². The molecular weight excluding hydrogens is 263 g/mol. The third-order valence-corrected chi connectivity index (χ3v) is 2.80. The Hall–Kier alpha value is -0.830. The summed E-state index contributed by atoms with van der Waals surface area (Å²) in [5.74, 6) is 1.37. The number of ether oxygens (including phenoxy) is 1. The quantitative estimate of drug-likeness (QED) is 0.750. The zero-order valence-electron chi connectivity index (χ0n) is 8.15. The molecule has 0 spiro atoms. The first-order valence-electron chi connectivity index (χ1n) is 4.57. The van der Waals surface area contributed by atoms with Gasteiger partial charge in [-0.3, -0.25) is 0 Å². The van der Waals surface area contributed by atoms with Crippen LogP contribution in [0.25, 0.3) is 0 Å². The van der Waals surface area contributed by atoms with E-state index in [0.717, 1.165) is 0 Å². The summed E-state index contributed by atoms with van der Waals surface area (Å²) < 4.78 is 5.63. The van der Waals surface area contributed by atoms with Gasteiger partial charge in [0.15, 0.2) is 0 Å². The van der Waals surface area contributed by atoms with Crippen LogP contribution in [0.4, 0.5) is 0 Å². The van der Waals surface area contributed by atoms with E-state index in [0.29, 0.717) is 26.4 Å². The van der Waals surface area contributed by atoms with Gasteiger partial charge in [-0.2, -0.15) is 0 Å². The highest BCUT2D eigenvalue weighted by atomic mass is 35.5. The van der Waals surface area contributed by atoms with Gasteiger partial charge in [-0.25, -0.2) is 0 Å². The molecule has 0 bridgehead atoms. The predicted octanol–water partition coefficient (Wildman–Crippen LogP) is 5.07. The van der Waals surface area contributed by atoms with Crippen LogP contribution in [0.5, 0.6) is 11.5 Å². The number of halogens is 2. The average molecular weight is 271 g/mol. The summed E-state index contributed by atoms with van der Waals surface area (Å²) in [6.07, 6.45) is 0. The lowest BCUT2D eigenvalue weighted by molar-refractivity contribution is 0.471. The first kappa shape index (κ1) is 11.6. The van der Waals surface area contributed by atoms with Crippen LogP contribution in [0.15, 0.2) is 47.4 Å². The Morgan fingerprint density at radius 3 is 2.12 bits per heavy atom. The highest BCUT2D eigenvalue weighted by molar-refractivity contribution is 7.80. The minimum absolute atomic E-state index is 0.633. The third-order valence-electron chi connectivity index (χ3n) is 1.96. The van der Waals surface area contributed by atoms with Crippen LogP contribution < -0.4 is 4.74 Å². The van der Waals surface area contributed by atoms with Gasteiger partial charge in [-0.15, -0.1) is 12.6 Å². The molecule has 0 atom stereocenters. The molecule has 0 saturated heterocycles. The van der Waals surface area contributed by atoms with Crippen molar-refractivity contribution in [1.82, 2.24) is 0 Å². The molecule has 0 saturated carbocycles. The molecule has 0 N–H and O–H groups in total. The van der Waals surface area contributed by atoms with E-state index in [4.69, 9.17) is 27.9 Å². The fraction of sp³-hybridized carbons (Fsp3) is 0. The van der Waals surface area contributed by atoms with Gasteiger partial charge in [-0.1, -0.05) is 23.2 Å². The Labute approximate surface area is 109 Å². The maximum absolute atomic E-state index is 5.82. The summed E-state index contributed by atoms with van der Waals surface area (Å²) in [5, 5.41) is 1.31. The SMILES string of the molecule is Sc1cc(Cl)ccc1Oc1ccc(Cl)cc1. The Kier molecular flexibility index (Phi) is 3.64. The van der Waals surface area contributed by atoms with Crippen LogP contribution in [0.2, 0.25) is 10.0 Å². The number of hydrogen-bond donors (Lipinski definition) is 1. The molecule has 2 aromatic rings. The van der Waals surface area contributed by atoms with Crippen molar-refractivity contribution in [1.29, 1.82) is 0 Å². The van der Waals surface area contributed by atoms with Gasteiger partial charge in [0.1, 0.15) is 11.5 Å². The molecule has 0 fully saturated rings. The maximum atomic E-state index is 5.82. The lowest BCUT2D eigenvalue weighted by atomic mass is 10.3. The molecule has 2 rings (SSSR count). The van der Waals surface area contributed by atoms with Gasteiger partial charge in [-0.05, 0) is 42.5 Å². The van der Waals surface area contributed by atoms with Crippen LogP contribution in [0.1, 0.15) is 0 Å². The van der Waals surface area contributed by atoms with Gasteiger partial charge in [0.25, 0.3) is 0 Å². The van der Waals surface area contributed by atoms with Crippen molar-refractivity contribution in [2.75, 3.05) is 0 Å². The molecule has 0 radical (unpaired) electrons. The normalized spacial score (nSPS) is 10.2. The topological polar surface area (TPSA) is 9.23 Å². The Balaban J connectivity index is 2.23. The lowest BCUT2D eigenvalue weighted by Crippen LogP contribution is -1.85. The van der Waals surface area contributed by atoms with Crippen molar-refractivity contribution >= 4 is 35.8 Å². The molecule has 0 aliphatic rings. The van der Waals surface area contributed by atoms with E-state index in [9.17, 15) is 0 Å². The number of thiol groups is 1. The summed E-state index contributed by atoms with van der Waals surface area (Å²) in [4.78, 5) is 0.697. The number of benzene rings is 2. The molecule has 16 heavy (non-hydrogen) atoms. The summed E-state index contributed by atoms with van der Waals surface area (Å²) in [6, 6.07) is 12.4. The fourth-order valence-electron chi connectivity index (χ4n) is 1.21. The van der Waals surface area contributed by atoms with Crippen LogP contribution in [0, 0.1) is 0 Å². The van der Waals surface area contributed by atoms with Crippen LogP contribution in [0.3, 0.4) is 0 Å². The zero-order valence-corrected chi connectivity index (χ0v) is 10.6. The number of rotatable bonds is 2. The molecule has 82 valence electrons. The smallest absolute Gasteiger partial charge is 0.140 e. The standard InChI is InChI=1S/C12H8Cl2OS/c13-8-1-4-10(5-2-8)15-11-6-3-9(14)7-12(11)16/h1-7,16H. The van der Waals surface area contributed by atoms with E-state index in [2.05, 4.69) is 12.6 Å². The second kappa shape index (κ2) is 5.00. The van der Waals surface area contributed by atoms with Gasteiger partial charge < -0.3 is 4.74 Å². The van der Waals surface area contributed by atoms with Crippen molar-refractivity contribution in [3.8, 4) is 11.5 Å². The fourth-order valence-corrected chi connectivity index (χ4v) is 1.84. The zero-order chi connectivity index (χ0) is 11.5. The minimum Gasteiger partial charge on any atom is -0.456 e. The molecular formula is C12H8Cl2OS. The molecule has 0 heterocycles. The van der Waals surface area contributed by atoms with E-state index >= 15 is 0 Å². The van der Waals surface area contributed by atoms with Crippen LogP contribution in [-0.4, -0.2) is 0 Å². The molecule has 2 aromatic carbocycles. The van der Waals surface area contributed by atoms with Crippen molar-refractivity contribution in [3.63, 3.8) is 0 Å². The van der Waals surface area contributed by atoms with Crippen molar-refractivity contribution in [2.45, 2.75) is 4.90 Å². The molecule has 1 nitrogen and oxygen atoms in total. The van der Waals surface area contributed by atoms with Gasteiger partial charge in [0, 0.05) is 14.9 Å². The molecule has 0 amide bonds. The van der Waals surface area contributed by atoms with E-state index in [1.165, 1.54) is 0 Å². The summed E-state index contributed by atoms with van der Waals surface area (Å²) in [6.45, 7) is 0. The second-order valence-electron chi connectivity index (χ2n) is 3.17. The van der Waals surface area contributed by atoms with Gasteiger partial charge >= 0.3 is 0 Å².